The number of amides is 1. The Kier molecular flexibility index (Phi) is 7.86. The van der Waals surface area contributed by atoms with E-state index in [1.165, 1.54) is 18.2 Å². The van der Waals surface area contributed by atoms with Gasteiger partial charge in [-0.15, -0.1) is 0 Å². The summed E-state index contributed by atoms with van der Waals surface area (Å²) in [5.74, 6) is 0.926. The fourth-order valence-electron chi connectivity index (χ4n) is 4.44. The van der Waals surface area contributed by atoms with Crippen LogP contribution in [0, 0.1) is 5.92 Å². The van der Waals surface area contributed by atoms with Crippen molar-refractivity contribution >= 4 is 33.4 Å². The molecule has 11 heteroatoms. The van der Waals surface area contributed by atoms with Crippen molar-refractivity contribution in [1.82, 2.24) is 19.7 Å². The molecule has 0 unspecified atom stereocenters. The van der Waals surface area contributed by atoms with Crippen molar-refractivity contribution in [3.05, 3.63) is 54.2 Å². The van der Waals surface area contributed by atoms with E-state index >= 15 is 0 Å². The Labute approximate surface area is 228 Å². The summed E-state index contributed by atoms with van der Waals surface area (Å²) < 4.78 is 27.9. The van der Waals surface area contributed by atoms with Crippen molar-refractivity contribution in [1.29, 1.82) is 0 Å². The first kappa shape index (κ1) is 27.3. The van der Waals surface area contributed by atoms with Gasteiger partial charge in [-0.1, -0.05) is 19.9 Å². The summed E-state index contributed by atoms with van der Waals surface area (Å²) in [7, 11) is -4.23. The second-order valence-electron chi connectivity index (χ2n) is 10.2. The molecule has 1 amide bonds. The van der Waals surface area contributed by atoms with Gasteiger partial charge in [0.25, 0.3) is 15.9 Å². The molecule has 10 nitrogen and oxygen atoms in total. The third-order valence-corrected chi connectivity index (χ3v) is 8.23. The number of aromatic nitrogens is 3. The number of hydrogen-bond acceptors (Lipinski definition) is 9. The molecule has 3 aromatic heterocycles. The van der Waals surface area contributed by atoms with E-state index in [9.17, 15) is 13.2 Å². The Hall–Kier alpha value is -3.73. The van der Waals surface area contributed by atoms with Crippen LogP contribution in [-0.2, 0) is 10.0 Å². The molecule has 1 aliphatic rings. The highest BCUT2D eigenvalue weighted by atomic mass is 32.2. The number of carbonyl (C=O) groups is 1. The van der Waals surface area contributed by atoms with Crippen molar-refractivity contribution in [2.45, 2.75) is 70.6 Å². The Morgan fingerprint density at radius 2 is 1.76 bits per heavy atom. The maximum absolute atomic E-state index is 13.3. The monoisotopic (exact) mass is 543 g/mol. The van der Waals surface area contributed by atoms with E-state index in [2.05, 4.69) is 59.5 Å². The van der Waals surface area contributed by atoms with Crippen LogP contribution in [0.4, 0.5) is 17.5 Å². The normalized spacial score (nSPS) is 18.4. The van der Waals surface area contributed by atoms with Crippen molar-refractivity contribution in [2.24, 2.45) is 5.92 Å². The molecule has 0 aromatic carbocycles. The molecule has 0 radical (unpaired) electrons. The minimum absolute atomic E-state index is 0. The van der Waals surface area contributed by atoms with Crippen LogP contribution in [0.3, 0.4) is 0 Å². The van der Waals surface area contributed by atoms with Gasteiger partial charge in [0.15, 0.2) is 5.03 Å². The molecule has 4 rings (SSSR count). The van der Waals surface area contributed by atoms with Gasteiger partial charge in [-0.05, 0) is 75.9 Å². The number of rotatable bonds is 8. The van der Waals surface area contributed by atoms with Gasteiger partial charge in [0, 0.05) is 34.2 Å². The van der Waals surface area contributed by atoms with Gasteiger partial charge in [-0.3, -0.25) is 4.79 Å². The minimum atomic E-state index is -4.23. The van der Waals surface area contributed by atoms with Gasteiger partial charge < -0.3 is 16.0 Å². The molecule has 0 bridgehead atoms. The van der Waals surface area contributed by atoms with E-state index in [4.69, 9.17) is 10.7 Å². The van der Waals surface area contributed by atoms with Crippen LogP contribution in [0.1, 0.15) is 62.1 Å². The molecule has 3 aromatic rings. The van der Waals surface area contributed by atoms with Gasteiger partial charge in [-0.2, -0.15) is 8.42 Å². The first-order valence-corrected chi connectivity index (χ1v) is 14.3. The molecule has 4 N–H and O–H groups in total. The Balaban J connectivity index is 0.00000280. The molecule has 1 fully saturated rings. The number of carbonyl (C=O) groups excluding carboxylic acids is 1. The second-order valence-corrected chi connectivity index (χ2v) is 11.8. The minimum Gasteiger partial charge on any atom is -0.384 e. The summed E-state index contributed by atoms with van der Waals surface area (Å²) in [4.78, 5) is 28.6. The maximum Gasteiger partial charge on any atom is 0.281 e. The summed E-state index contributed by atoms with van der Waals surface area (Å²) >= 11 is 0. The third kappa shape index (κ3) is 5.88. The molecule has 4 heterocycles. The zero-order valence-electron chi connectivity index (χ0n) is 22.3. The van der Waals surface area contributed by atoms with E-state index < -0.39 is 15.9 Å². The van der Waals surface area contributed by atoms with E-state index in [0.29, 0.717) is 17.4 Å². The third-order valence-electron chi connectivity index (χ3n) is 7.00. The summed E-state index contributed by atoms with van der Waals surface area (Å²) in [5.41, 5.74) is 7.23. The van der Waals surface area contributed by atoms with Gasteiger partial charge in [0.05, 0.1) is 11.3 Å². The number of sulfonamides is 1. The highest BCUT2D eigenvalue weighted by Gasteiger charge is 2.33. The number of hydrogen-bond donors (Lipinski definition) is 3. The summed E-state index contributed by atoms with van der Waals surface area (Å²) in [5, 5.41) is 3.06. The highest BCUT2D eigenvalue weighted by molar-refractivity contribution is 7.90. The van der Waals surface area contributed by atoms with Crippen LogP contribution in [0.2, 0.25) is 0 Å². The molecule has 0 spiro atoms. The van der Waals surface area contributed by atoms with E-state index in [1.54, 1.807) is 18.3 Å². The van der Waals surface area contributed by atoms with Crippen LogP contribution >= 0.6 is 0 Å². The SMILES string of the molecule is CC(C)[C@@H](C)Nc1ccc(-c2ccc(C(=O)NS(=O)(=O)c3cccc(N)n3)c(N3[C@H](C)CC[C@@H]3C)n2)cn1.[HH].[HH].[HH]. The molecule has 0 aliphatic carbocycles. The van der Waals surface area contributed by atoms with E-state index in [0.717, 1.165) is 24.2 Å². The molecule has 3 atom stereocenters. The number of anilines is 3. The summed E-state index contributed by atoms with van der Waals surface area (Å²) in [6.45, 7) is 10.5. The summed E-state index contributed by atoms with van der Waals surface area (Å²) in [6, 6.07) is 11.9. The first-order chi connectivity index (χ1) is 18.0. The molecule has 0 saturated carbocycles. The van der Waals surface area contributed by atoms with Crippen LogP contribution in [0.15, 0.2) is 53.7 Å². The molecule has 1 aliphatic heterocycles. The fraction of sp³-hybridized carbons (Fsp3) is 0.407. The van der Waals surface area contributed by atoms with Gasteiger partial charge in [-0.25, -0.2) is 19.7 Å². The molecular formula is C27H41N7O3S. The average Bonchev–Trinajstić information content (AvgIpc) is 3.21. The lowest BCUT2D eigenvalue weighted by Crippen LogP contribution is -2.37. The number of nitrogens with one attached hydrogen (secondary N) is 2. The molecule has 38 heavy (non-hydrogen) atoms. The van der Waals surface area contributed by atoms with Crippen LogP contribution in [-0.4, -0.2) is 47.4 Å². The lowest BCUT2D eigenvalue weighted by atomic mass is 10.1. The van der Waals surface area contributed by atoms with Crippen molar-refractivity contribution < 1.29 is 17.5 Å². The second kappa shape index (κ2) is 10.9. The first-order valence-electron chi connectivity index (χ1n) is 12.8. The van der Waals surface area contributed by atoms with Crippen molar-refractivity contribution in [2.75, 3.05) is 16.0 Å². The predicted octanol–water partition coefficient (Wildman–Crippen LogP) is 4.81. The van der Waals surface area contributed by atoms with E-state index in [-0.39, 0.29) is 38.8 Å². The van der Waals surface area contributed by atoms with Gasteiger partial charge in [0.2, 0.25) is 0 Å². The van der Waals surface area contributed by atoms with Crippen molar-refractivity contribution in [3.8, 4) is 11.3 Å². The number of nitrogens with two attached hydrogens (primary N) is 1. The Morgan fingerprint density at radius 1 is 1.05 bits per heavy atom. The topological polar surface area (TPSA) is 143 Å². The highest BCUT2D eigenvalue weighted by Crippen LogP contribution is 2.33. The Bertz CT molecular complexity index is 1420. The molecule has 1 saturated heterocycles. The lowest BCUT2D eigenvalue weighted by molar-refractivity contribution is 0.0981. The smallest absolute Gasteiger partial charge is 0.281 e. The van der Waals surface area contributed by atoms with Crippen molar-refractivity contribution in [3.63, 3.8) is 0 Å². The zero-order valence-corrected chi connectivity index (χ0v) is 23.2. The van der Waals surface area contributed by atoms with Gasteiger partial charge in [0.1, 0.15) is 17.5 Å². The van der Waals surface area contributed by atoms with Gasteiger partial charge >= 0.3 is 0 Å². The summed E-state index contributed by atoms with van der Waals surface area (Å²) in [6.07, 6.45) is 3.62. The molecular weight excluding hydrogens is 502 g/mol. The maximum atomic E-state index is 13.3. The fourth-order valence-corrected chi connectivity index (χ4v) is 5.38. The van der Waals surface area contributed by atoms with Crippen LogP contribution < -0.4 is 20.7 Å². The quantitative estimate of drug-likeness (QED) is 0.364. The Morgan fingerprint density at radius 3 is 2.37 bits per heavy atom. The number of nitrogens with zero attached hydrogens (tertiary/aromatic N) is 4. The zero-order chi connectivity index (χ0) is 27.6. The number of pyridine rings is 3. The van der Waals surface area contributed by atoms with Crippen LogP contribution in [0.5, 0.6) is 0 Å². The molecule has 208 valence electrons. The van der Waals surface area contributed by atoms with Crippen LogP contribution in [0.25, 0.3) is 11.3 Å². The van der Waals surface area contributed by atoms with E-state index in [1.807, 2.05) is 12.1 Å². The standard InChI is InChI=1S/C27H35N7O3S.3H2/c1-16(2)19(5)30-24-14-11-20(15-29-24)22-13-12-21(26(31-22)34-17(3)9-10-18(34)4)27(35)33-38(36,37)25-8-6-7-23(28)32-25;;;/h6-8,11-19H,9-10H2,1-5H3,(H2,28,32)(H,29,30)(H,33,35);3*1H/t17-,18+,19-;;;/m1.../s1. The lowest BCUT2D eigenvalue weighted by Gasteiger charge is -2.29. The average molecular weight is 544 g/mol. The number of nitrogen functional groups attached to an aromatic ring is 1. The largest absolute Gasteiger partial charge is 0.384 e. The predicted molar refractivity (Wildman–Crippen MR) is 156 cm³/mol.